The third kappa shape index (κ3) is 3.81. The monoisotopic (exact) mass is 437 g/mol. The Morgan fingerprint density at radius 1 is 1.10 bits per heavy atom. The molecule has 1 aromatic heterocycles. The lowest BCUT2D eigenvalue weighted by Crippen LogP contribution is -2.48. The van der Waals surface area contributed by atoms with Crippen LogP contribution in [-0.2, 0) is 0 Å². The van der Waals surface area contributed by atoms with Crippen LogP contribution in [0, 0.1) is 16.0 Å². The van der Waals surface area contributed by atoms with Crippen molar-refractivity contribution in [2.45, 2.75) is 44.6 Å². The summed E-state index contributed by atoms with van der Waals surface area (Å²) < 4.78 is 1.23. The predicted octanol–water partition coefficient (Wildman–Crippen LogP) is 5.39. The number of nitro groups is 1. The van der Waals surface area contributed by atoms with Crippen LogP contribution in [0.4, 0.5) is 11.4 Å². The molecule has 0 radical (unpaired) electrons. The maximum absolute atomic E-state index is 13.3. The molecule has 31 heavy (non-hydrogen) atoms. The van der Waals surface area contributed by atoms with E-state index < -0.39 is 4.92 Å². The van der Waals surface area contributed by atoms with Gasteiger partial charge in [0, 0.05) is 34.4 Å². The molecule has 2 unspecified atom stereocenters. The zero-order chi connectivity index (χ0) is 21.4. The highest BCUT2D eigenvalue weighted by atomic mass is 32.1. The molecule has 1 N–H and O–H groups in total. The van der Waals surface area contributed by atoms with Gasteiger partial charge in [0.25, 0.3) is 5.69 Å². The van der Waals surface area contributed by atoms with Gasteiger partial charge in [0.2, 0.25) is 0 Å². The Morgan fingerprint density at radius 3 is 2.81 bits per heavy atom. The molecule has 2 atom stereocenters. The molecule has 5 rings (SSSR count). The minimum absolute atomic E-state index is 0.00136. The molecule has 0 aliphatic carbocycles. The zero-order valence-corrected chi connectivity index (χ0v) is 18.3. The van der Waals surface area contributed by atoms with Crippen molar-refractivity contribution in [2.24, 2.45) is 5.92 Å². The zero-order valence-electron chi connectivity index (χ0n) is 17.5. The number of nitrogens with one attached hydrogen (secondary N) is 1. The van der Waals surface area contributed by atoms with Crippen molar-refractivity contribution in [3.05, 3.63) is 56.7 Å². The van der Waals surface area contributed by atoms with Gasteiger partial charge in [0.05, 0.1) is 10.3 Å². The Bertz CT molecular complexity index is 1190. The lowest BCUT2D eigenvalue weighted by atomic mass is 9.81. The molecule has 2 aliphatic rings. The first-order valence-electron chi connectivity index (χ1n) is 11.2. The fourth-order valence-electron chi connectivity index (χ4n) is 5.49. The van der Waals surface area contributed by atoms with Crippen LogP contribution in [0.2, 0.25) is 0 Å². The van der Waals surface area contributed by atoms with E-state index in [1.807, 2.05) is 18.2 Å². The van der Waals surface area contributed by atoms with Crippen LogP contribution in [0.3, 0.4) is 0 Å². The fourth-order valence-corrected chi connectivity index (χ4v) is 6.67. The van der Waals surface area contributed by atoms with Gasteiger partial charge in [-0.25, -0.2) is 0 Å². The molecule has 2 aliphatic heterocycles. The molecule has 2 aromatic carbocycles. The van der Waals surface area contributed by atoms with Gasteiger partial charge in [0.15, 0.2) is 5.43 Å². The smallest absolute Gasteiger partial charge is 0.287 e. The van der Waals surface area contributed by atoms with Crippen molar-refractivity contribution >= 4 is 42.9 Å². The number of nitro benzene ring substituents is 1. The standard InChI is InChI=1S/C24H27N3O3S/c28-23-17-7-1-2-9-21(17)31-24-20(27(29)30)11-10-18(22(23)24)25-13-12-16-6-5-15-26-14-4-3-8-19(16)26/h1-2,7,9-11,16,19,25H,3-6,8,12-15H2. The second-order valence-electron chi connectivity index (χ2n) is 8.74. The number of piperidine rings is 2. The van der Waals surface area contributed by atoms with E-state index in [1.165, 1.54) is 62.6 Å². The average molecular weight is 438 g/mol. The quantitative estimate of drug-likeness (QED) is 0.329. The molecular weight excluding hydrogens is 410 g/mol. The molecule has 162 valence electrons. The summed E-state index contributed by atoms with van der Waals surface area (Å²) in [7, 11) is 0. The topological polar surface area (TPSA) is 75.5 Å². The first-order valence-corrected chi connectivity index (χ1v) is 12.1. The average Bonchev–Trinajstić information content (AvgIpc) is 2.79. The number of benzene rings is 2. The number of anilines is 1. The van der Waals surface area contributed by atoms with E-state index in [-0.39, 0.29) is 11.1 Å². The lowest BCUT2D eigenvalue weighted by Gasteiger charge is -2.44. The van der Waals surface area contributed by atoms with Gasteiger partial charge in [-0.2, -0.15) is 0 Å². The van der Waals surface area contributed by atoms with Crippen molar-refractivity contribution < 1.29 is 4.92 Å². The Morgan fingerprint density at radius 2 is 1.94 bits per heavy atom. The van der Waals surface area contributed by atoms with E-state index in [4.69, 9.17) is 0 Å². The van der Waals surface area contributed by atoms with Gasteiger partial charge in [0.1, 0.15) is 4.70 Å². The summed E-state index contributed by atoms with van der Waals surface area (Å²) in [4.78, 5) is 27.2. The summed E-state index contributed by atoms with van der Waals surface area (Å²) in [6.07, 6.45) is 7.53. The number of rotatable bonds is 5. The highest BCUT2D eigenvalue weighted by Gasteiger charge is 2.32. The molecule has 6 nitrogen and oxygen atoms in total. The number of hydrogen-bond acceptors (Lipinski definition) is 6. The van der Waals surface area contributed by atoms with Crippen LogP contribution in [0.25, 0.3) is 20.2 Å². The van der Waals surface area contributed by atoms with Crippen LogP contribution < -0.4 is 10.7 Å². The first-order chi connectivity index (χ1) is 15.1. The van der Waals surface area contributed by atoms with Crippen molar-refractivity contribution in [1.82, 2.24) is 4.90 Å². The second kappa shape index (κ2) is 8.55. The number of fused-ring (bicyclic) bond motifs is 3. The summed E-state index contributed by atoms with van der Waals surface area (Å²) >= 11 is 1.32. The maximum atomic E-state index is 13.3. The third-order valence-corrected chi connectivity index (χ3v) is 8.16. The maximum Gasteiger partial charge on any atom is 0.287 e. The van der Waals surface area contributed by atoms with Crippen LogP contribution >= 0.6 is 11.3 Å². The van der Waals surface area contributed by atoms with Gasteiger partial charge >= 0.3 is 0 Å². The summed E-state index contributed by atoms with van der Waals surface area (Å²) in [5.41, 5.74) is 0.578. The molecule has 7 heteroatoms. The second-order valence-corrected chi connectivity index (χ2v) is 9.79. The van der Waals surface area contributed by atoms with Crippen LogP contribution in [-0.4, -0.2) is 35.5 Å². The Kier molecular flexibility index (Phi) is 5.63. The number of nitrogens with zero attached hydrogens (tertiary/aromatic N) is 2. The fraction of sp³-hybridized carbons (Fsp3) is 0.458. The highest BCUT2D eigenvalue weighted by Crippen LogP contribution is 2.36. The Balaban J connectivity index is 1.44. The SMILES string of the molecule is O=c1c2ccccc2sc2c([N+](=O)[O-])ccc(NCCC3CCCN4CCCCC34)c12. The van der Waals surface area contributed by atoms with E-state index >= 15 is 0 Å². The molecule has 2 fully saturated rings. The number of non-ortho nitro benzene ring substituents is 1. The van der Waals surface area contributed by atoms with Crippen molar-refractivity contribution in [3.8, 4) is 0 Å². The van der Waals surface area contributed by atoms with E-state index in [0.29, 0.717) is 33.1 Å². The molecule has 0 amide bonds. The van der Waals surface area contributed by atoms with Gasteiger partial charge in [-0.05, 0) is 69.3 Å². The molecule has 2 saturated heterocycles. The van der Waals surface area contributed by atoms with Gasteiger partial charge in [-0.15, -0.1) is 11.3 Å². The third-order valence-electron chi connectivity index (χ3n) is 6.96. The van der Waals surface area contributed by atoms with E-state index in [1.54, 1.807) is 12.1 Å². The first kappa shape index (κ1) is 20.4. The van der Waals surface area contributed by atoms with Crippen LogP contribution in [0.15, 0.2) is 41.2 Å². The lowest BCUT2D eigenvalue weighted by molar-refractivity contribution is -0.382. The van der Waals surface area contributed by atoms with Crippen LogP contribution in [0.1, 0.15) is 38.5 Å². The highest BCUT2D eigenvalue weighted by molar-refractivity contribution is 7.25. The summed E-state index contributed by atoms with van der Waals surface area (Å²) in [5.74, 6) is 0.682. The van der Waals surface area contributed by atoms with Crippen molar-refractivity contribution in [1.29, 1.82) is 0 Å². The summed E-state index contributed by atoms with van der Waals surface area (Å²) in [5, 5.41) is 16.1. The van der Waals surface area contributed by atoms with Gasteiger partial charge < -0.3 is 10.2 Å². The van der Waals surface area contributed by atoms with E-state index in [2.05, 4.69) is 10.2 Å². The van der Waals surface area contributed by atoms with E-state index in [9.17, 15) is 14.9 Å². The largest absolute Gasteiger partial charge is 0.384 e. The Hall–Kier alpha value is -2.51. The van der Waals surface area contributed by atoms with Crippen molar-refractivity contribution in [3.63, 3.8) is 0 Å². The predicted molar refractivity (Wildman–Crippen MR) is 127 cm³/mol. The minimum atomic E-state index is -0.392. The molecule has 0 saturated carbocycles. The molecule has 3 heterocycles. The summed E-state index contributed by atoms with van der Waals surface area (Å²) in [6.45, 7) is 3.24. The minimum Gasteiger partial charge on any atom is -0.384 e. The molecular formula is C24H27N3O3S. The number of hydrogen-bond donors (Lipinski definition) is 1. The van der Waals surface area contributed by atoms with Crippen LogP contribution in [0.5, 0.6) is 0 Å². The summed E-state index contributed by atoms with van der Waals surface area (Å²) in [6, 6.07) is 11.3. The van der Waals surface area contributed by atoms with Gasteiger partial charge in [-0.1, -0.05) is 18.6 Å². The molecule has 0 bridgehead atoms. The van der Waals surface area contributed by atoms with E-state index in [0.717, 1.165) is 17.7 Å². The normalized spacial score (nSPS) is 21.8. The Labute approximate surface area is 185 Å². The van der Waals surface area contributed by atoms with Crippen molar-refractivity contribution in [2.75, 3.05) is 25.0 Å². The molecule has 3 aromatic rings. The molecule has 0 spiro atoms. The van der Waals surface area contributed by atoms with Gasteiger partial charge in [-0.3, -0.25) is 14.9 Å².